The minimum Gasteiger partial charge on any atom is -0.496 e. The SMILES string of the molecule is COc1cc(C)c(NCCCC(=O)O)cc1C(C)C. The quantitative estimate of drug-likeness (QED) is 0.742. The zero-order chi connectivity index (χ0) is 14.4. The summed E-state index contributed by atoms with van der Waals surface area (Å²) in [7, 11) is 1.68. The number of benzene rings is 1. The number of nitrogens with one attached hydrogen (secondary N) is 1. The molecule has 4 heteroatoms. The smallest absolute Gasteiger partial charge is 0.303 e. The summed E-state index contributed by atoms with van der Waals surface area (Å²) in [6.07, 6.45) is 0.817. The van der Waals surface area contributed by atoms with E-state index in [-0.39, 0.29) is 6.42 Å². The second-order valence-corrected chi connectivity index (χ2v) is 4.99. The van der Waals surface area contributed by atoms with E-state index in [0.717, 1.165) is 22.6 Å². The number of aliphatic carboxylic acids is 1. The van der Waals surface area contributed by atoms with Gasteiger partial charge < -0.3 is 15.2 Å². The summed E-state index contributed by atoms with van der Waals surface area (Å²) in [5.74, 6) is 0.537. The Morgan fingerprint density at radius 3 is 2.63 bits per heavy atom. The van der Waals surface area contributed by atoms with Crippen LogP contribution in [-0.4, -0.2) is 24.7 Å². The van der Waals surface area contributed by atoms with Gasteiger partial charge in [0, 0.05) is 18.7 Å². The van der Waals surface area contributed by atoms with Gasteiger partial charge in [0.2, 0.25) is 0 Å². The van der Waals surface area contributed by atoms with Crippen LogP contribution in [0.1, 0.15) is 43.7 Å². The summed E-state index contributed by atoms with van der Waals surface area (Å²) in [5.41, 5.74) is 3.32. The van der Waals surface area contributed by atoms with Gasteiger partial charge in [-0.15, -0.1) is 0 Å². The molecule has 0 aliphatic heterocycles. The third-order valence-electron chi connectivity index (χ3n) is 3.08. The van der Waals surface area contributed by atoms with Crippen LogP contribution >= 0.6 is 0 Å². The number of carbonyl (C=O) groups is 1. The van der Waals surface area contributed by atoms with Crippen LogP contribution in [-0.2, 0) is 4.79 Å². The molecule has 0 fully saturated rings. The van der Waals surface area contributed by atoms with E-state index >= 15 is 0 Å². The molecule has 0 saturated heterocycles. The second-order valence-electron chi connectivity index (χ2n) is 4.99. The highest BCUT2D eigenvalue weighted by Gasteiger charge is 2.11. The van der Waals surface area contributed by atoms with Gasteiger partial charge >= 0.3 is 5.97 Å². The van der Waals surface area contributed by atoms with Gasteiger partial charge in [0.25, 0.3) is 0 Å². The van der Waals surface area contributed by atoms with E-state index in [1.165, 1.54) is 0 Å². The number of hydrogen-bond acceptors (Lipinski definition) is 3. The molecule has 0 amide bonds. The molecular weight excluding hydrogens is 242 g/mol. The standard InChI is InChI=1S/C15H23NO3/c1-10(2)12-9-13(11(3)8-14(12)19-4)16-7-5-6-15(17)18/h8-10,16H,5-7H2,1-4H3,(H,17,18). The normalized spacial score (nSPS) is 10.6. The molecular formula is C15H23NO3. The fraction of sp³-hybridized carbons (Fsp3) is 0.533. The number of anilines is 1. The molecule has 0 bridgehead atoms. The molecule has 0 saturated carbocycles. The van der Waals surface area contributed by atoms with E-state index in [9.17, 15) is 4.79 Å². The first-order valence-corrected chi connectivity index (χ1v) is 6.60. The van der Waals surface area contributed by atoms with Gasteiger partial charge in [0.15, 0.2) is 0 Å². The van der Waals surface area contributed by atoms with Crippen molar-refractivity contribution in [3.63, 3.8) is 0 Å². The number of hydrogen-bond donors (Lipinski definition) is 2. The maximum atomic E-state index is 10.5. The highest BCUT2D eigenvalue weighted by atomic mass is 16.5. The predicted octanol–water partition coefficient (Wildman–Crippen LogP) is 3.40. The summed E-state index contributed by atoms with van der Waals surface area (Å²) in [6.45, 7) is 6.94. The van der Waals surface area contributed by atoms with Crippen LogP contribution in [0.5, 0.6) is 5.75 Å². The molecule has 0 aliphatic rings. The molecule has 0 unspecified atom stereocenters. The maximum absolute atomic E-state index is 10.5. The zero-order valence-corrected chi connectivity index (χ0v) is 12.1. The molecule has 0 radical (unpaired) electrons. The van der Waals surface area contributed by atoms with Crippen LogP contribution in [0.15, 0.2) is 12.1 Å². The Bertz CT molecular complexity index is 441. The molecule has 19 heavy (non-hydrogen) atoms. The highest BCUT2D eigenvalue weighted by Crippen LogP contribution is 2.31. The van der Waals surface area contributed by atoms with Crippen LogP contribution in [0.2, 0.25) is 0 Å². The van der Waals surface area contributed by atoms with Crippen molar-refractivity contribution in [1.82, 2.24) is 0 Å². The molecule has 4 nitrogen and oxygen atoms in total. The van der Waals surface area contributed by atoms with Crippen molar-refractivity contribution in [3.8, 4) is 5.75 Å². The van der Waals surface area contributed by atoms with Gasteiger partial charge in [-0.05, 0) is 42.5 Å². The zero-order valence-electron chi connectivity index (χ0n) is 12.1. The Hall–Kier alpha value is -1.71. The minimum absolute atomic E-state index is 0.194. The van der Waals surface area contributed by atoms with Gasteiger partial charge in [-0.3, -0.25) is 4.79 Å². The minimum atomic E-state index is -0.754. The Kier molecular flexibility index (Phi) is 5.67. The molecule has 0 spiro atoms. The van der Waals surface area contributed by atoms with Crippen molar-refractivity contribution in [2.75, 3.05) is 19.0 Å². The largest absolute Gasteiger partial charge is 0.496 e. The lowest BCUT2D eigenvalue weighted by molar-refractivity contribution is -0.137. The molecule has 1 rings (SSSR count). The van der Waals surface area contributed by atoms with Crippen LogP contribution in [0.3, 0.4) is 0 Å². The maximum Gasteiger partial charge on any atom is 0.303 e. The lowest BCUT2D eigenvalue weighted by Gasteiger charge is -2.17. The summed E-state index contributed by atoms with van der Waals surface area (Å²) >= 11 is 0. The van der Waals surface area contributed by atoms with Crippen LogP contribution in [0.25, 0.3) is 0 Å². The van der Waals surface area contributed by atoms with E-state index in [2.05, 4.69) is 25.2 Å². The summed E-state index contributed by atoms with van der Waals surface area (Å²) in [4.78, 5) is 10.5. The molecule has 2 N–H and O–H groups in total. The van der Waals surface area contributed by atoms with E-state index in [0.29, 0.717) is 18.9 Å². The van der Waals surface area contributed by atoms with E-state index in [4.69, 9.17) is 9.84 Å². The van der Waals surface area contributed by atoms with E-state index < -0.39 is 5.97 Å². The van der Waals surface area contributed by atoms with Gasteiger partial charge in [0.1, 0.15) is 5.75 Å². The van der Waals surface area contributed by atoms with Crippen molar-refractivity contribution in [2.24, 2.45) is 0 Å². The first-order chi connectivity index (χ1) is 8.95. The van der Waals surface area contributed by atoms with Crippen molar-refractivity contribution in [2.45, 2.75) is 39.5 Å². The van der Waals surface area contributed by atoms with Crippen molar-refractivity contribution in [1.29, 1.82) is 0 Å². The summed E-state index contributed by atoms with van der Waals surface area (Å²) < 4.78 is 5.39. The van der Waals surface area contributed by atoms with Crippen LogP contribution in [0, 0.1) is 6.92 Å². The highest BCUT2D eigenvalue weighted by molar-refractivity contribution is 5.66. The average molecular weight is 265 g/mol. The summed E-state index contributed by atoms with van der Waals surface area (Å²) in [5, 5.41) is 11.9. The third kappa shape index (κ3) is 4.47. The Morgan fingerprint density at radius 1 is 1.42 bits per heavy atom. The number of ether oxygens (including phenoxy) is 1. The number of methoxy groups -OCH3 is 1. The molecule has 0 aliphatic carbocycles. The van der Waals surface area contributed by atoms with Crippen molar-refractivity contribution < 1.29 is 14.6 Å². The Morgan fingerprint density at radius 2 is 2.11 bits per heavy atom. The van der Waals surface area contributed by atoms with Gasteiger partial charge in [0.05, 0.1) is 7.11 Å². The molecule has 106 valence electrons. The van der Waals surface area contributed by atoms with Crippen LogP contribution < -0.4 is 10.1 Å². The fourth-order valence-corrected chi connectivity index (χ4v) is 1.98. The first kappa shape index (κ1) is 15.3. The van der Waals surface area contributed by atoms with Gasteiger partial charge in [-0.25, -0.2) is 0 Å². The number of aryl methyl sites for hydroxylation is 1. The van der Waals surface area contributed by atoms with Gasteiger partial charge in [-0.2, -0.15) is 0 Å². The number of carboxylic acid groups (broad SMARTS) is 1. The number of carboxylic acids is 1. The lowest BCUT2D eigenvalue weighted by atomic mass is 9.99. The molecule has 1 aromatic carbocycles. The Labute approximate surface area is 114 Å². The first-order valence-electron chi connectivity index (χ1n) is 6.60. The molecule has 0 heterocycles. The monoisotopic (exact) mass is 265 g/mol. The summed E-state index contributed by atoms with van der Waals surface area (Å²) in [6, 6.07) is 4.12. The fourth-order valence-electron chi connectivity index (χ4n) is 1.98. The molecule has 0 aromatic heterocycles. The molecule has 0 atom stereocenters. The predicted molar refractivity (Wildman–Crippen MR) is 77.2 cm³/mol. The van der Waals surface area contributed by atoms with E-state index in [1.54, 1.807) is 7.11 Å². The third-order valence-corrected chi connectivity index (χ3v) is 3.08. The lowest BCUT2D eigenvalue weighted by Crippen LogP contribution is -2.07. The topological polar surface area (TPSA) is 58.6 Å². The Balaban J connectivity index is 2.77. The van der Waals surface area contributed by atoms with Crippen molar-refractivity contribution in [3.05, 3.63) is 23.3 Å². The van der Waals surface area contributed by atoms with Crippen LogP contribution in [0.4, 0.5) is 5.69 Å². The van der Waals surface area contributed by atoms with E-state index in [1.807, 2.05) is 13.0 Å². The number of rotatable bonds is 7. The second kappa shape index (κ2) is 7.02. The average Bonchev–Trinajstić information content (AvgIpc) is 2.34. The van der Waals surface area contributed by atoms with Gasteiger partial charge in [-0.1, -0.05) is 13.8 Å². The van der Waals surface area contributed by atoms with Crippen molar-refractivity contribution >= 4 is 11.7 Å². The molecule has 1 aromatic rings.